The lowest BCUT2D eigenvalue weighted by Crippen LogP contribution is -2.54. The maximum Gasteiger partial charge on any atom is 0.225 e. The summed E-state index contributed by atoms with van der Waals surface area (Å²) in [4.78, 5) is 21.1. The number of carbonyl (C=O) groups excluding carboxylic acids is 1. The predicted octanol–water partition coefficient (Wildman–Crippen LogP) is 1.28. The van der Waals surface area contributed by atoms with Crippen molar-refractivity contribution in [3.63, 3.8) is 0 Å². The Hall–Kier alpha value is -1.45. The van der Waals surface area contributed by atoms with E-state index in [9.17, 15) is 4.79 Å². The van der Waals surface area contributed by atoms with Crippen LogP contribution in [0, 0.1) is 5.92 Å². The summed E-state index contributed by atoms with van der Waals surface area (Å²) in [6.45, 7) is 1.09. The van der Waals surface area contributed by atoms with Gasteiger partial charge in [0.15, 0.2) is 6.29 Å². The number of hydrogen-bond donors (Lipinski definition) is 0. The molecule has 4 heteroatoms. The highest BCUT2D eigenvalue weighted by Gasteiger charge is 2.43. The Kier molecular flexibility index (Phi) is 1.94. The zero-order chi connectivity index (χ0) is 10.3. The van der Waals surface area contributed by atoms with E-state index in [1.807, 2.05) is 0 Å². The zero-order valence-electron chi connectivity index (χ0n) is 8.47. The van der Waals surface area contributed by atoms with E-state index in [1.54, 1.807) is 12.4 Å². The first-order valence-electron chi connectivity index (χ1n) is 5.42. The van der Waals surface area contributed by atoms with Crippen molar-refractivity contribution in [2.75, 3.05) is 11.4 Å². The topological polar surface area (TPSA) is 46.1 Å². The number of aldehydes is 1. The molecule has 2 fully saturated rings. The Bertz CT molecular complexity index is 376. The van der Waals surface area contributed by atoms with Crippen LogP contribution in [0.1, 0.15) is 29.6 Å². The van der Waals surface area contributed by atoms with E-state index in [4.69, 9.17) is 0 Å². The third-order valence-electron chi connectivity index (χ3n) is 3.50. The van der Waals surface area contributed by atoms with Gasteiger partial charge >= 0.3 is 0 Å². The molecule has 0 aromatic carbocycles. The number of hydrogen-bond acceptors (Lipinski definition) is 4. The van der Waals surface area contributed by atoms with Gasteiger partial charge in [-0.3, -0.25) is 4.79 Å². The molecule has 4 nitrogen and oxygen atoms in total. The lowest BCUT2D eigenvalue weighted by atomic mass is 9.92. The molecule has 3 rings (SSSR count). The molecule has 0 N–H and O–H groups in total. The van der Waals surface area contributed by atoms with E-state index in [-0.39, 0.29) is 0 Å². The van der Waals surface area contributed by atoms with Gasteiger partial charge in [-0.1, -0.05) is 6.42 Å². The van der Waals surface area contributed by atoms with Crippen LogP contribution >= 0.6 is 0 Å². The second kappa shape index (κ2) is 3.29. The van der Waals surface area contributed by atoms with Gasteiger partial charge in [0.25, 0.3) is 0 Å². The molecule has 2 unspecified atom stereocenters. The molecule has 1 aromatic heterocycles. The Morgan fingerprint density at radius 2 is 2.13 bits per heavy atom. The van der Waals surface area contributed by atoms with Crippen LogP contribution in [0.4, 0.5) is 5.95 Å². The van der Waals surface area contributed by atoms with Crippen molar-refractivity contribution in [2.24, 2.45) is 5.92 Å². The van der Waals surface area contributed by atoms with Gasteiger partial charge in [-0.25, -0.2) is 9.97 Å². The molecule has 15 heavy (non-hydrogen) atoms. The molecule has 1 aliphatic carbocycles. The second-order valence-corrected chi connectivity index (χ2v) is 4.34. The first-order chi connectivity index (χ1) is 7.38. The minimum absolute atomic E-state index is 0.544. The van der Waals surface area contributed by atoms with Gasteiger partial charge in [-0.2, -0.15) is 0 Å². The molecule has 1 saturated carbocycles. The summed E-state index contributed by atoms with van der Waals surface area (Å²) in [5, 5.41) is 0. The van der Waals surface area contributed by atoms with Crippen LogP contribution in [0.2, 0.25) is 0 Å². The second-order valence-electron chi connectivity index (χ2n) is 4.34. The van der Waals surface area contributed by atoms with Crippen LogP contribution in [0.15, 0.2) is 12.4 Å². The van der Waals surface area contributed by atoms with Gasteiger partial charge in [0, 0.05) is 25.0 Å². The molecular formula is C11H13N3O. The lowest BCUT2D eigenvalue weighted by Gasteiger charge is -2.44. The number of anilines is 1. The zero-order valence-corrected chi connectivity index (χ0v) is 8.47. The summed E-state index contributed by atoms with van der Waals surface area (Å²) in [7, 11) is 0. The molecule has 1 aliphatic heterocycles. The van der Waals surface area contributed by atoms with Crippen LogP contribution in [0.5, 0.6) is 0 Å². The Morgan fingerprint density at radius 1 is 1.33 bits per heavy atom. The molecular weight excluding hydrogens is 190 g/mol. The molecule has 78 valence electrons. The Morgan fingerprint density at radius 3 is 2.80 bits per heavy atom. The maximum atomic E-state index is 10.5. The number of rotatable bonds is 2. The van der Waals surface area contributed by atoms with E-state index in [0.29, 0.717) is 11.6 Å². The molecule has 2 aliphatic rings. The average molecular weight is 203 g/mol. The van der Waals surface area contributed by atoms with Crippen LogP contribution in [0.25, 0.3) is 0 Å². The number of aromatic nitrogens is 2. The number of carbonyl (C=O) groups is 1. The van der Waals surface area contributed by atoms with Gasteiger partial charge in [0.2, 0.25) is 5.95 Å². The van der Waals surface area contributed by atoms with E-state index >= 15 is 0 Å². The van der Waals surface area contributed by atoms with E-state index in [0.717, 1.165) is 24.7 Å². The van der Waals surface area contributed by atoms with Crippen molar-refractivity contribution < 1.29 is 4.79 Å². The monoisotopic (exact) mass is 203 g/mol. The van der Waals surface area contributed by atoms with Gasteiger partial charge < -0.3 is 4.90 Å². The average Bonchev–Trinajstić information content (AvgIpc) is 2.61. The number of fused-ring (bicyclic) bond motifs is 1. The van der Waals surface area contributed by atoms with Crippen molar-refractivity contribution in [1.82, 2.24) is 9.97 Å². The normalized spacial score (nSPS) is 28.4. The van der Waals surface area contributed by atoms with Crippen molar-refractivity contribution >= 4 is 12.2 Å². The summed E-state index contributed by atoms with van der Waals surface area (Å²) >= 11 is 0. The lowest BCUT2D eigenvalue weighted by molar-refractivity contribution is 0.112. The van der Waals surface area contributed by atoms with Crippen LogP contribution < -0.4 is 4.90 Å². The molecule has 0 amide bonds. The van der Waals surface area contributed by atoms with E-state index < -0.39 is 0 Å². The minimum Gasteiger partial charge on any atom is -0.337 e. The van der Waals surface area contributed by atoms with Crippen molar-refractivity contribution in [1.29, 1.82) is 0 Å². The SMILES string of the molecule is O=Cc1cnc(N2CC3CCCC32)nc1. The summed E-state index contributed by atoms with van der Waals surface area (Å²) in [6.07, 6.45) is 7.92. The minimum atomic E-state index is 0.544. The highest BCUT2D eigenvalue weighted by molar-refractivity contribution is 5.73. The predicted molar refractivity (Wildman–Crippen MR) is 55.9 cm³/mol. The Labute approximate surface area is 88.3 Å². The molecule has 2 heterocycles. The number of nitrogens with zero attached hydrogens (tertiary/aromatic N) is 3. The smallest absolute Gasteiger partial charge is 0.225 e. The fourth-order valence-electron chi connectivity index (χ4n) is 2.66. The van der Waals surface area contributed by atoms with Crippen LogP contribution in [-0.2, 0) is 0 Å². The van der Waals surface area contributed by atoms with Gasteiger partial charge in [-0.15, -0.1) is 0 Å². The summed E-state index contributed by atoms with van der Waals surface area (Å²) in [6, 6.07) is 0.659. The van der Waals surface area contributed by atoms with Gasteiger partial charge in [0.05, 0.1) is 5.56 Å². The van der Waals surface area contributed by atoms with Gasteiger partial charge in [0.1, 0.15) is 0 Å². The molecule has 0 bridgehead atoms. The molecule has 1 aromatic rings. The fourth-order valence-corrected chi connectivity index (χ4v) is 2.66. The van der Waals surface area contributed by atoms with Gasteiger partial charge in [-0.05, 0) is 18.8 Å². The quantitative estimate of drug-likeness (QED) is 0.679. The third-order valence-corrected chi connectivity index (χ3v) is 3.50. The first kappa shape index (κ1) is 8.83. The third kappa shape index (κ3) is 1.32. The Balaban J connectivity index is 1.79. The summed E-state index contributed by atoms with van der Waals surface area (Å²) < 4.78 is 0. The van der Waals surface area contributed by atoms with Crippen molar-refractivity contribution in [3.05, 3.63) is 18.0 Å². The van der Waals surface area contributed by atoms with E-state index in [1.165, 1.54) is 19.3 Å². The fraction of sp³-hybridized carbons (Fsp3) is 0.545. The van der Waals surface area contributed by atoms with Crippen LogP contribution in [0.3, 0.4) is 0 Å². The molecule has 2 atom stereocenters. The summed E-state index contributed by atoms with van der Waals surface area (Å²) in [5.41, 5.74) is 0.544. The van der Waals surface area contributed by atoms with Crippen molar-refractivity contribution in [2.45, 2.75) is 25.3 Å². The highest BCUT2D eigenvalue weighted by Crippen LogP contribution is 2.40. The molecule has 0 radical (unpaired) electrons. The largest absolute Gasteiger partial charge is 0.337 e. The highest BCUT2D eigenvalue weighted by atomic mass is 16.1. The maximum absolute atomic E-state index is 10.5. The van der Waals surface area contributed by atoms with Crippen molar-refractivity contribution in [3.8, 4) is 0 Å². The summed E-state index contributed by atoms with van der Waals surface area (Å²) in [5.74, 6) is 1.64. The first-order valence-corrected chi connectivity index (χ1v) is 5.42. The van der Waals surface area contributed by atoms with E-state index in [2.05, 4.69) is 14.9 Å². The molecule has 1 saturated heterocycles. The van der Waals surface area contributed by atoms with Crippen LogP contribution in [-0.4, -0.2) is 28.8 Å². The standard InChI is InChI=1S/C11H13N3O/c15-7-8-4-12-11(13-5-8)14-6-9-2-1-3-10(9)14/h4-5,7,9-10H,1-3,6H2. The molecule has 0 spiro atoms.